The van der Waals surface area contributed by atoms with Crippen LogP contribution in [0.15, 0.2) is 51.6 Å². The molecule has 2 unspecified atom stereocenters. The number of hydrogen-bond acceptors (Lipinski definition) is 9. The van der Waals surface area contributed by atoms with E-state index in [1.165, 1.54) is 24.6 Å². The highest BCUT2D eigenvalue weighted by Crippen LogP contribution is 2.40. The number of imidazole rings is 1. The van der Waals surface area contributed by atoms with Crippen LogP contribution < -0.4 is 11.1 Å². The fraction of sp³-hybridized carbons (Fsp3) is 0.481. The SMILES string of the molecule is CC(C)(C)OC(=O)NC(CCn1cnc(N)c2nc(SC3=COC(c4ccccc4Br)O3)nc1-2)C1CCCC1. The van der Waals surface area contributed by atoms with Gasteiger partial charge in [-0.2, -0.15) is 0 Å². The van der Waals surface area contributed by atoms with Crippen LogP contribution in [-0.4, -0.2) is 37.3 Å². The topological polar surface area (TPSA) is 126 Å². The van der Waals surface area contributed by atoms with Crippen molar-refractivity contribution in [2.75, 3.05) is 5.73 Å². The summed E-state index contributed by atoms with van der Waals surface area (Å²) in [4.78, 5) is 26.3. The molecule has 39 heavy (non-hydrogen) atoms. The van der Waals surface area contributed by atoms with E-state index in [0.717, 1.165) is 22.9 Å². The van der Waals surface area contributed by atoms with E-state index in [9.17, 15) is 4.79 Å². The van der Waals surface area contributed by atoms with E-state index in [0.29, 0.717) is 46.5 Å². The number of rotatable bonds is 8. The van der Waals surface area contributed by atoms with Gasteiger partial charge in [-0.1, -0.05) is 47.0 Å². The molecule has 0 spiro atoms. The van der Waals surface area contributed by atoms with Crippen molar-refractivity contribution in [1.29, 1.82) is 0 Å². The Labute approximate surface area is 240 Å². The number of carbonyl (C=O) groups excluding carboxylic acids is 1. The number of benzene rings is 1. The van der Waals surface area contributed by atoms with E-state index in [-0.39, 0.29) is 12.1 Å². The number of aromatic nitrogens is 4. The molecule has 0 bridgehead atoms. The molecule has 2 atom stereocenters. The van der Waals surface area contributed by atoms with Gasteiger partial charge >= 0.3 is 6.09 Å². The number of anilines is 1. The van der Waals surface area contributed by atoms with Crippen molar-refractivity contribution in [1.82, 2.24) is 24.8 Å². The average molecular weight is 618 g/mol. The van der Waals surface area contributed by atoms with Crippen molar-refractivity contribution in [2.24, 2.45) is 5.92 Å². The van der Waals surface area contributed by atoms with Crippen molar-refractivity contribution >= 4 is 39.6 Å². The quantitative estimate of drug-likeness (QED) is 0.302. The third-order valence-electron chi connectivity index (χ3n) is 6.69. The van der Waals surface area contributed by atoms with Crippen LogP contribution in [0.1, 0.15) is 64.7 Å². The molecular weight excluding hydrogens is 584 g/mol. The van der Waals surface area contributed by atoms with Gasteiger partial charge in [0.05, 0.1) is 6.33 Å². The van der Waals surface area contributed by atoms with Crippen LogP contribution in [-0.2, 0) is 20.8 Å². The number of nitrogens with one attached hydrogen (secondary N) is 1. The van der Waals surface area contributed by atoms with E-state index in [2.05, 4.69) is 31.2 Å². The Morgan fingerprint density at radius 3 is 2.79 bits per heavy atom. The van der Waals surface area contributed by atoms with Gasteiger partial charge in [0, 0.05) is 22.6 Å². The van der Waals surface area contributed by atoms with Gasteiger partial charge in [0.25, 0.3) is 6.29 Å². The number of amides is 1. The van der Waals surface area contributed by atoms with Gasteiger partial charge in [-0.3, -0.25) is 0 Å². The Bertz CT molecular complexity index is 1320. The maximum atomic E-state index is 12.6. The minimum absolute atomic E-state index is 0.0114. The summed E-state index contributed by atoms with van der Waals surface area (Å²) in [5.41, 5.74) is 7.02. The molecule has 12 heteroatoms. The van der Waals surface area contributed by atoms with Gasteiger partial charge in [0.2, 0.25) is 5.09 Å². The molecule has 3 N–H and O–H groups in total. The van der Waals surface area contributed by atoms with Crippen LogP contribution >= 0.6 is 27.7 Å². The lowest BCUT2D eigenvalue weighted by Crippen LogP contribution is -2.43. The van der Waals surface area contributed by atoms with Crippen molar-refractivity contribution in [3.63, 3.8) is 0 Å². The van der Waals surface area contributed by atoms with Crippen LogP contribution in [0.2, 0.25) is 0 Å². The lowest BCUT2D eigenvalue weighted by atomic mass is 9.95. The number of nitrogens with zero attached hydrogens (tertiary/aromatic N) is 4. The van der Waals surface area contributed by atoms with Gasteiger partial charge in [-0.05, 0) is 63.8 Å². The monoisotopic (exact) mass is 616 g/mol. The summed E-state index contributed by atoms with van der Waals surface area (Å²) in [5.74, 6) is 1.36. The third kappa shape index (κ3) is 6.78. The van der Waals surface area contributed by atoms with E-state index in [1.807, 2.05) is 49.6 Å². The second kappa shape index (κ2) is 11.6. The minimum atomic E-state index is -0.549. The highest BCUT2D eigenvalue weighted by atomic mass is 79.9. The second-order valence-electron chi connectivity index (χ2n) is 10.7. The number of alkyl carbamates (subject to hydrolysis) is 1. The summed E-state index contributed by atoms with van der Waals surface area (Å²) < 4.78 is 20.1. The van der Waals surface area contributed by atoms with Crippen LogP contribution in [0.25, 0.3) is 11.5 Å². The largest absolute Gasteiger partial charge is 0.454 e. The van der Waals surface area contributed by atoms with Gasteiger partial charge in [0.1, 0.15) is 11.9 Å². The van der Waals surface area contributed by atoms with Crippen molar-refractivity contribution in [2.45, 2.75) is 82.5 Å². The molecule has 208 valence electrons. The Morgan fingerprint density at radius 2 is 2.05 bits per heavy atom. The molecule has 3 heterocycles. The van der Waals surface area contributed by atoms with E-state index in [4.69, 9.17) is 24.9 Å². The predicted octanol–water partition coefficient (Wildman–Crippen LogP) is 6.23. The molecule has 1 amide bonds. The molecule has 1 aliphatic carbocycles. The van der Waals surface area contributed by atoms with E-state index >= 15 is 0 Å². The molecule has 0 saturated heterocycles. The highest BCUT2D eigenvalue weighted by molar-refractivity contribution is 9.10. The summed E-state index contributed by atoms with van der Waals surface area (Å²) >= 11 is 4.80. The molecule has 0 aromatic heterocycles. The summed E-state index contributed by atoms with van der Waals surface area (Å²) in [6.45, 7) is 6.20. The number of ether oxygens (including phenoxy) is 3. The summed E-state index contributed by atoms with van der Waals surface area (Å²) in [5, 5.41) is 4.15. The molecule has 0 radical (unpaired) electrons. The first-order valence-corrected chi connectivity index (χ1v) is 14.7. The van der Waals surface area contributed by atoms with E-state index in [1.54, 1.807) is 12.6 Å². The number of aryl methyl sites for hydroxylation is 1. The third-order valence-corrected chi connectivity index (χ3v) is 8.17. The van der Waals surface area contributed by atoms with Crippen LogP contribution in [0.5, 0.6) is 0 Å². The molecule has 1 aromatic carbocycles. The van der Waals surface area contributed by atoms with Crippen LogP contribution in [0, 0.1) is 5.92 Å². The Hall–Kier alpha value is -2.99. The van der Waals surface area contributed by atoms with Gasteiger partial charge in [-0.25, -0.2) is 19.7 Å². The number of nitrogens with two attached hydrogens (primary N) is 1. The average Bonchev–Trinajstić information content (AvgIpc) is 3.64. The number of hydrogen-bond donors (Lipinski definition) is 2. The Balaban J connectivity index is 1.27. The molecule has 4 aliphatic rings. The Morgan fingerprint density at radius 1 is 1.28 bits per heavy atom. The molecule has 5 rings (SSSR count). The second-order valence-corrected chi connectivity index (χ2v) is 12.6. The number of fused-ring (bicyclic) bond motifs is 1. The van der Waals surface area contributed by atoms with Crippen molar-refractivity contribution in [3.8, 4) is 11.5 Å². The molecule has 1 aromatic rings. The standard InChI is InChI=1S/C27H33BrN6O4S/c1-27(2,3)38-26(35)31-19(16-8-4-5-9-16)12-13-34-15-30-22(29)21-23(34)33-25(32-21)39-20-14-36-24(37-20)17-10-6-7-11-18(17)28/h6-7,10-11,14-16,19,24H,4-5,8-9,12-13,29H2,1-3H3,(H,31,35). The van der Waals surface area contributed by atoms with E-state index < -0.39 is 11.9 Å². The lowest BCUT2D eigenvalue weighted by Gasteiger charge is -2.27. The predicted molar refractivity (Wildman–Crippen MR) is 152 cm³/mol. The normalized spacial score (nSPS) is 18.5. The van der Waals surface area contributed by atoms with Gasteiger partial charge < -0.3 is 29.8 Å². The molecule has 10 nitrogen and oxygen atoms in total. The molecular formula is C27H33BrN6O4S. The first-order valence-electron chi connectivity index (χ1n) is 13.1. The fourth-order valence-electron chi connectivity index (χ4n) is 4.89. The van der Waals surface area contributed by atoms with Crippen molar-refractivity contribution in [3.05, 3.63) is 52.0 Å². The van der Waals surface area contributed by atoms with Crippen LogP contribution in [0.3, 0.4) is 0 Å². The number of halogens is 1. The summed E-state index contributed by atoms with van der Waals surface area (Å²) in [6, 6.07) is 7.74. The summed E-state index contributed by atoms with van der Waals surface area (Å²) in [6.07, 6.45) is 7.56. The maximum Gasteiger partial charge on any atom is 0.407 e. The molecule has 1 saturated carbocycles. The fourth-order valence-corrected chi connectivity index (χ4v) is 6.05. The zero-order valence-corrected chi connectivity index (χ0v) is 24.6. The molecule has 3 aliphatic heterocycles. The minimum Gasteiger partial charge on any atom is -0.454 e. The van der Waals surface area contributed by atoms with Crippen molar-refractivity contribution < 1.29 is 19.0 Å². The lowest BCUT2D eigenvalue weighted by molar-refractivity contribution is -0.0278. The zero-order chi connectivity index (χ0) is 27.6. The van der Waals surface area contributed by atoms with Gasteiger partial charge in [0.15, 0.2) is 22.5 Å². The number of nitrogen functional groups attached to an aromatic ring is 1. The smallest absolute Gasteiger partial charge is 0.407 e. The highest BCUT2D eigenvalue weighted by Gasteiger charge is 2.30. The Kier molecular flexibility index (Phi) is 8.22. The maximum absolute atomic E-state index is 12.6. The zero-order valence-electron chi connectivity index (χ0n) is 22.2. The summed E-state index contributed by atoms with van der Waals surface area (Å²) in [7, 11) is 0. The number of carbonyl (C=O) groups is 1. The number of thioether (sulfide) groups is 1. The first-order chi connectivity index (χ1) is 18.7. The first kappa shape index (κ1) is 27.6. The van der Waals surface area contributed by atoms with Gasteiger partial charge in [-0.15, -0.1) is 0 Å². The van der Waals surface area contributed by atoms with Crippen LogP contribution in [0.4, 0.5) is 10.6 Å². The molecule has 1 fully saturated rings.